The van der Waals surface area contributed by atoms with Crippen LogP contribution in [0.3, 0.4) is 0 Å². The summed E-state index contributed by atoms with van der Waals surface area (Å²) >= 11 is 0. The smallest absolute Gasteiger partial charge is 0.349 e. The number of esters is 1. The van der Waals surface area contributed by atoms with Crippen molar-refractivity contribution < 1.29 is 14.3 Å². The molecule has 8 nitrogen and oxygen atoms in total. The van der Waals surface area contributed by atoms with Gasteiger partial charge in [0.15, 0.2) is 11.9 Å². The van der Waals surface area contributed by atoms with E-state index in [0.717, 1.165) is 17.0 Å². The number of methoxy groups -OCH3 is 1. The van der Waals surface area contributed by atoms with Crippen molar-refractivity contribution in [2.24, 2.45) is 0 Å². The molecule has 0 saturated heterocycles. The fourth-order valence-electron chi connectivity index (χ4n) is 3.37. The van der Waals surface area contributed by atoms with Crippen LogP contribution in [0.4, 0.5) is 0 Å². The largest absolute Gasteiger partial charge is 0.450 e. The standard InChI is InChI=1S/C23H24N4O4/c1-14-11-17(15(2)27(14)9-10-30-4)12-18(13-24)23(29)31-16(3)21-25-20-8-6-5-7-19(20)22(28)26-21/h5-8,11-12,16H,9-10H2,1-4H3,(H,25,26,28)/b18-12+/t16-/m0/s1. The number of nitriles is 1. The highest BCUT2D eigenvalue weighted by molar-refractivity contribution is 5.98. The number of carbonyl (C=O) groups excluding carboxylic acids is 1. The molecule has 1 atom stereocenters. The minimum atomic E-state index is -0.837. The molecular weight excluding hydrogens is 396 g/mol. The summed E-state index contributed by atoms with van der Waals surface area (Å²) in [7, 11) is 1.64. The molecule has 0 saturated carbocycles. The number of ether oxygens (including phenoxy) is 2. The molecule has 1 N–H and O–H groups in total. The molecule has 0 fully saturated rings. The van der Waals surface area contributed by atoms with Gasteiger partial charge in [0.2, 0.25) is 0 Å². The number of hydrogen-bond donors (Lipinski definition) is 1. The van der Waals surface area contributed by atoms with Gasteiger partial charge in [-0.3, -0.25) is 4.79 Å². The van der Waals surface area contributed by atoms with Gasteiger partial charge in [0.1, 0.15) is 11.6 Å². The molecule has 0 unspecified atom stereocenters. The summed E-state index contributed by atoms with van der Waals surface area (Å²) in [6, 6.07) is 10.7. The Morgan fingerprint density at radius 1 is 1.35 bits per heavy atom. The highest BCUT2D eigenvalue weighted by Crippen LogP contribution is 2.21. The van der Waals surface area contributed by atoms with E-state index in [-0.39, 0.29) is 17.0 Å². The molecule has 0 aliphatic carbocycles. The van der Waals surface area contributed by atoms with Crippen molar-refractivity contribution in [2.45, 2.75) is 33.4 Å². The van der Waals surface area contributed by atoms with E-state index in [1.165, 1.54) is 6.08 Å². The average Bonchev–Trinajstić information content (AvgIpc) is 3.02. The van der Waals surface area contributed by atoms with Crippen LogP contribution in [0, 0.1) is 25.2 Å². The molecule has 0 spiro atoms. The van der Waals surface area contributed by atoms with Crippen molar-refractivity contribution in [1.82, 2.24) is 14.5 Å². The molecule has 3 rings (SSSR count). The van der Waals surface area contributed by atoms with Gasteiger partial charge >= 0.3 is 5.97 Å². The molecule has 0 aliphatic rings. The van der Waals surface area contributed by atoms with E-state index in [2.05, 4.69) is 14.5 Å². The number of carbonyl (C=O) groups is 1. The summed E-state index contributed by atoms with van der Waals surface area (Å²) in [4.78, 5) is 31.9. The molecule has 0 bridgehead atoms. The highest BCUT2D eigenvalue weighted by Gasteiger charge is 2.19. The maximum atomic E-state index is 12.6. The van der Waals surface area contributed by atoms with Crippen LogP contribution in [0.15, 0.2) is 40.7 Å². The number of fused-ring (bicyclic) bond motifs is 1. The Morgan fingerprint density at radius 3 is 2.81 bits per heavy atom. The summed E-state index contributed by atoms with van der Waals surface area (Å²) in [6.07, 6.45) is 0.674. The zero-order chi connectivity index (χ0) is 22.5. The average molecular weight is 420 g/mol. The summed E-state index contributed by atoms with van der Waals surface area (Å²) < 4.78 is 12.6. The van der Waals surface area contributed by atoms with E-state index < -0.39 is 12.1 Å². The molecular formula is C23H24N4O4. The molecule has 160 valence electrons. The molecule has 2 aromatic heterocycles. The molecule has 31 heavy (non-hydrogen) atoms. The van der Waals surface area contributed by atoms with E-state index in [0.29, 0.717) is 24.1 Å². The first kappa shape index (κ1) is 22.0. The molecule has 8 heteroatoms. The third-order valence-corrected chi connectivity index (χ3v) is 5.07. The SMILES string of the molecule is COCCn1c(C)cc(/C=C(\C#N)C(=O)O[C@@H](C)c2nc3ccccc3c(=O)[nH]2)c1C. The number of benzene rings is 1. The maximum Gasteiger partial charge on any atom is 0.349 e. The van der Waals surface area contributed by atoms with Gasteiger partial charge in [0, 0.05) is 25.0 Å². The van der Waals surface area contributed by atoms with Crippen molar-refractivity contribution in [3.8, 4) is 6.07 Å². The van der Waals surface area contributed by atoms with Crippen LogP contribution in [0.5, 0.6) is 0 Å². The number of nitrogens with zero attached hydrogens (tertiary/aromatic N) is 3. The van der Waals surface area contributed by atoms with E-state index in [1.807, 2.05) is 26.0 Å². The van der Waals surface area contributed by atoms with Gasteiger partial charge in [-0.1, -0.05) is 12.1 Å². The number of para-hydroxylation sites is 1. The van der Waals surface area contributed by atoms with E-state index in [4.69, 9.17) is 9.47 Å². The van der Waals surface area contributed by atoms with Crippen molar-refractivity contribution in [3.63, 3.8) is 0 Å². The van der Waals surface area contributed by atoms with Crippen LogP contribution in [-0.2, 0) is 20.8 Å². The zero-order valence-corrected chi connectivity index (χ0v) is 17.9. The Labute approximate surface area is 179 Å². The maximum absolute atomic E-state index is 12.6. The second-order valence-electron chi connectivity index (χ2n) is 7.16. The quantitative estimate of drug-likeness (QED) is 0.357. The van der Waals surface area contributed by atoms with Gasteiger partial charge in [0.25, 0.3) is 5.56 Å². The van der Waals surface area contributed by atoms with Gasteiger partial charge in [-0.2, -0.15) is 5.26 Å². The number of aromatic amines is 1. The summed E-state index contributed by atoms with van der Waals surface area (Å²) in [6.45, 7) is 6.69. The lowest BCUT2D eigenvalue weighted by molar-refractivity contribution is -0.143. The lowest BCUT2D eigenvalue weighted by Crippen LogP contribution is -2.18. The van der Waals surface area contributed by atoms with E-state index in [1.54, 1.807) is 38.3 Å². The van der Waals surface area contributed by atoms with Crippen LogP contribution < -0.4 is 5.56 Å². The Morgan fingerprint density at radius 2 is 2.10 bits per heavy atom. The van der Waals surface area contributed by atoms with Gasteiger partial charge in [0.05, 0.1) is 17.5 Å². The summed E-state index contributed by atoms with van der Waals surface area (Å²) in [5.74, 6) is -0.570. The lowest BCUT2D eigenvalue weighted by atomic mass is 10.1. The van der Waals surface area contributed by atoms with Crippen LogP contribution in [-0.4, -0.2) is 34.2 Å². The normalized spacial score (nSPS) is 12.5. The van der Waals surface area contributed by atoms with Crippen LogP contribution in [0.2, 0.25) is 0 Å². The van der Waals surface area contributed by atoms with E-state index in [9.17, 15) is 14.9 Å². The molecule has 1 aromatic carbocycles. The molecule has 0 amide bonds. The third-order valence-electron chi connectivity index (χ3n) is 5.07. The van der Waals surface area contributed by atoms with Gasteiger partial charge in [-0.25, -0.2) is 9.78 Å². The number of aromatic nitrogens is 3. The van der Waals surface area contributed by atoms with Crippen molar-refractivity contribution >= 4 is 22.9 Å². The Balaban J connectivity index is 1.83. The predicted octanol–water partition coefficient (Wildman–Crippen LogP) is 3.20. The Bertz CT molecular complexity index is 1250. The highest BCUT2D eigenvalue weighted by atomic mass is 16.5. The van der Waals surface area contributed by atoms with Gasteiger partial charge in [-0.15, -0.1) is 0 Å². The topological polar surface area (TPSA) is 110 Å². The number of aryl methyl sites for hydroxylation is 1. The predicted molar refractivity (Wildman–Crippen MR) is 116 cm³/mol. The molecule has 0 radical (unpaired) electrons. The molecule has 0 aliphatic heterocycles. The first-order valence-electron chi connectivity index (χ1n) is 9.83. The van der Waals surface area contributed by atoms with Crippen LogP contribution in [0.1, 0.15) is 35.8 Å². The van der Waals surface area contributed by atoms with Gasteiger partial charge in [-0.05, 0) is 50.6 Å². The van der Waals surface area contributed by atoms with Crippen molar-refractivity contribution in [3.05, 3.63) is 69.0 Å². The van der Waals surface area contributed by atoms with E-state index >= 15 is 0 Å². The van der Waals surface area contributed by atoms with Crippen molar-refractivity contribution in [2.75, 3.05) is 13.7 Å². The minimum Gasteiger partial charge on any atom is -0.450 e. The monoisotopic (exact) mass is 420 g/mol. The number of rotatable bonds is 7. The third kappa shape index (κ3) is 4.73. The first-order chi connectivity index (χ1) is 14.8. The van der Waals surface area contributed by atoms with Crippen LogP contribution in [0.25, 0.3) is 17.0 Å². The Hall–Kier alpha value is -3.70. The summed E-state index contributed by atoms with van der Waals surface area (Å²) in [5, 5.41) is 9.97. The fraction of sp³-hybridized carbons (Fsp3) is 0.304. The first-order valence-corrected chi connectivity index (χ1v) is 9.83. The van der Waals surface area contributed by atoms with Crippen LogP contribution >= 0.6 is 0 Å². The molecule has 2 heterocycles. The van der Waals surface area contributed by atoms with Crippen molar-refractivity contribution in [1.29, 1.82) is 5.26 Å². The molecule has 3 aromatic rings. The van der Waals surface area contributed by atoms with Gasteiger partial charge < -0.3 is 19.0 Å². The number of nitrogens with one attached hydrogen (secondary N) is 1. The lowest BCUT2D eigenvalue weighted by Gasteiger charge is -2.12. The zero-order valence-electron chi connectivity index (χ0n) is 17.9. The second-order valence-corrected chi connectivity index (χ2v) is 7.16. The minimum absolute atomic E-state index is 0.137. The Kier molecular flexibility index (Phi) is 6.68. The summed E-state index contributed by atoms with van der Waals surface area (Å²) in [5.41, 5.74) is 2.72. The second kappa shape index (κ2) is 9.41. The number of hydrogen-bond acceptors (Lipinski definition) is 6. The number of H-pyrrole nitrogens is 1. The fourth-order valence-corrected chi connectivity index (χ4v) is 3.37.